The number of hydrogen-bond donors (Lipinski definition) is 3. The number of anilines is 1. The molecule has 4 rings (SSSR count). The van der Waals surface area contributed by atoms with E-state index in [1.54, 1.807) is 0 Å². The quantitative estimate of drug-likeness (QED) is 0.418. The van der Waals surface area contributed by atoms with Gasteiger partial charge in [-0.2, -0.15) is 0 Å². The van der Waals surface area contributed by atoms with E-state index in [2.05, 4.69) is 22.8 Å². The number of amides is 2. The van der Waals surface area contributed by atoms with Gasteiger partial charge in [-0.3, -0.25) is 4.79 Å². The first kappa shape index (κ1) is 23.0. The lowest BCUT2D eigenvalue weighted by molar-refractivity contribution is -0.116. The van der Waals surface area contributed by atoms with Crippen molar-refractivity contribution in [1.82, 2.24) is 5.32 Å². The fourth-order valence-electron chi connectivity index (χ4n) is 4.10. The zero-order valence-electron chi connectivity index (χ0n) is 18.2. The lowest BCUT2D eigenvalue weighted by Crippen LogP contribution is -2.27. The van der Waals surface area contributed by atoms with Gasteiger partial charge in [-0.25, -0.2) is 14.0 Å². The molecule has 1 aliphatic rings. The number of carbonyl (C=O) groups is 3. The van der Waals surface area contributed by atoms with E-state index >= 15 is 0 Å². The first-order valence-corrected chi connectivity index (χ1v) is 10.9. The summed E-state index contributed by atoms with van der Waals surface area (Å²) in [5.74, 6) is -2.53. The molecule has 0 spiro atoms. The van der Waals surface area contributed by atoms with Crippen LogP contribution in [-0.4, -0.2) is 36.2 Å². The van der Waals surface area contributed by atoms with E-state index < -0.39 is 23.8 Å². The summed E-state index contributed by atoms with van der Waals surface area (Å²) in [4.78, 5) is 35.5. The second kappa shape index (κ2) is 10.2. The van der Waals surface area contributed by atoms with Crippen LogP contribution in [0.25, 0.3) is 11.1 Å². The molecule has 0 saturated heterocycles. The maximum absolute atomic E-state index is 13.2. The summed E-state index contributed by atoms with van der Waals surface area (Å²) in [6.45, 7) is 0.405. The van der Waals surface area contributed by atoms with Crippen LogP contribution in [-0.2, 0) is 9.53 Å². The topological polar surface area (TPSA) is 105 Å². The number of halogens is 1. The third kappa shape index (κ3) is 5.06. The first-order valence-electron chi connectivity index (χ1n) is 10.9. The molecule has 0 atom stereocenters. The number of nitrogens with one attached hydrogen (secondary N) is 2. The standard InChI is InChI=1S/C26H23FN2O5/c27-16-11-12-23(21(14-16)25(31)32)29-24(30)10-5-13-28-26(33)34-15-22-19-8-3-1-6-17(19)18-7-2-4-9-20(18)22/h1-4,6-9,11-12,14,22H,5,10,13,15H2,(H,28,33)(H,29,30)(H,31,32). The van der Waals surface area contributed by atoms with Gasteiger partial charge in [0.25, 0.3) is 0 Å². The predicted octanol–water partition coefficient (Wildman–Crippen LogP) is 4.78. The van der Waals surface area contributed by atoms with Gasteiger partial charge in [-0.05, 0) is 46.9 Å². The minimum atomic E-state index is -1.34. The van der Waals surface area contributed by atoms with E-state index in [1.807, 2.05) is 36.4 Å². The Morgan fingerprint density at radius 3 is 2.24 bits per heavy atom. The number of carbonyl (C=O) groups excluding carboxylic acids is 2. The van der Waals surface area contributed by atoms with Gasteiger partial charge >= 0.3 is 12.1 Å². The van der Waals surface area contributed by atoms with Crippen molar-refractivity contribution in [2.75, 3.05) is 18.5 Å². The van der Waals surface area contributed by atoms with Crippen molar-refractivity contribution < 1.29 is 28.6 Å². The Morgan fingerprint density at radius 2 is 1.59 bits per heavy atom. The van der Waals surface area contributed by atoms with Crippen LogP contribution < -0.4 is 10.6 Å². The molecule has 0 bridgehead atoms. The van der Waals surface area contributed by atoms with Crippen LogP contribution in [0.4, 0.5) is 14.9 Å². The number of rotatable bonds is 8. The molecule has 174 valence electrons. The third-order valence-corrected chi connectivity index (χ3v) is 5.68. The zero-order chi connectivity index (χ0) is 24.1. The van der Waals surface area contributed by atoms with Crippen LogP contribution in [0.5, 0.6) is 0 Å². The summed E-state index contributed by atoms with van der Waals surface area (Å²) < 4.78 is 18.7. The van der Waals surface area contributed by atoms with Crippen molar-refractivity contribution in [2.45, 2.75) is 18.8 Å². The minimum absolute atomic E-state index is 0.0170. The molecule has 1 aliphatic carbocycles. The Morgan fingerprint density at radius 1 is 0.941 bits per heavy atom. The monoisotopic (exact) mass is 462 g/mol. The van der Waals surface area contributed by atoms with Crippen LogP contribution in [0.3, 0.4) is 0 Å². The average molecular weight is 462 g/mol. The number of hydrogen-bond acceptors (Lipinski definition) is 4. The van der Waals surface area contributed by atoms with Crippen molar-refractivity contribution in [3.8, 4) is 11.1 Å². The first-order chi connectivity index (χ1) is 16.4. The van der Waals surface area contributed by atoms with Crippen molar-refractivity contribution in [3.05, 3.63) is 89.2 Å². The van der Waals surface area contributed by atoms with E-state index in [-0.39, 0.29) is 36.7 Å². The Hall–Kier alpha value is -4.20. The highest BCUT2D eigenvalue weighted by Crippen LogP contribution is 2.44. The van der Waals surface area contributed by atoms with Gasteiger partial charge in [0, 0.05) is 18.9 Å². The highest BCUT2D eigenvalue weighted by Gasteiger charge is 2.28. The maximum Gasteiger partial charge on any atom is 0.407 e. The summed E-state index contributed by atoms with van der Waals surface area (Å²) in [5.41, 5.74) is 4.22. The summed E-state index contributed by atoms with van der Waals surface area (Å²) >= 11 is 0. The van der Waals surface area contributed by atoms with E-state index in [9.17, 15) is 18.8 Å². The molecule has 3 N–H and O–H groups in total. The number of alkyl carbamates (subject to hydrolysis) is 1. The molecular formula is C26H23FN2O5. The van der Waals surface area contributed by atoms with Gasteiger partial charge in [0.15, 0.2) is 0 Å². The van der Waals surface area contributed by atoms with Gasteiger partial charge in [0.05, 0.1) is 11.3 Å². The molecule has 0 saturated carbocycles. The summed E-state index contributed by atoms with van der Waals surface area (Å²) in [6, 6.07) is 19.2. The number of benzene rings is 3. The lowest BCUT2D eigenvalue weighted by Gasteiger charge is -2.14. The van der Waals surface area contributed by atoms with Gasteiger partial charge in [0.1, 0.15) is 12.4 Å². The van der Waals surface area contributed by atoms with E-state index in [4.69, 9.17) is 9.84 Å². The van der Waals surface area contributed by atoms with Gasteiger partial charge < -0.3 is 20.5 Å². The molecule has 0 fully saturated rings. The van der Waals surface area contributed by atoms with Crippen molar-refractivity contribution in [1.29, 1.82) is 0 Å². The minimum Gasteiger partial charge on any atom is -0.478 e. The number of carboxylic acid groups (broad SMARTS) is 1. The summed E-state index contributed by atoms with van der Waals surface area (Å²) in [7, 11) is 0. The molecule has 7 nitrogen and oxygen atoms in total. The molecule has 0 unspecified atom stereocenters. The van der Waals surface area contributed by atoms with Crippen LogP contribution in [0.15, 0.2) is 66.7 Å². The largest absolute Gasteiger partial charge is 0.478 e. The summed E-state index contributed by atoms with van der Waals surface area (Å²) in [5, 5.41) is 14.2. The van der Waals surface area contributed by atoms with Crippen molar-refractivity contribution in [3.63, 3.8) is 0 Å². The van der Waals surface area contributed by atoms with E-state index in [0.717, 1.165) is 34.4 Å². The second-order valence-electron chi connectivity index (χ2n) is 7.90. The third-order valence-electron chi connectivity index (χ3n) is 5.68. The van der Waals surface area contributed by atoms with Gasteiger partial charge in [0.2, 0.25) is 5.91 Å². The summed E-state index contributed by atoms with van der Waals surface area (Å²) in [6.07, 6.45) is -0.214. The molecule has 0 aromatic heterocycles. The normalized spacial score (nSPS) is 11.9. The maximum atomic E-state index is 13.2. The van der Waals surface area contributed by atoms with Crippen LogP contribution in [0, 0.1) is 5.82 Å². The fraction of sp³-hybridized carbons (Fsp3) is 0.192. The average Bonchev–Trinajstić information content (AvgIpc) is 3.15. The Balaban J connectivity index is 1.23. The highest BCUT2D eigenvalue weighted by atomic mass is 19.1. The van der Waals surface area contributed by atoms with Gasteiger partial charge in [-0.15, -0.1) is 0 Å². The molecule has 0 aliphatic heterocycles. The predicted molar refractivity (Wildman–Crippen MR) is 124 cm³/mol. The molecule has 3 aromatic rings. The molecule has 2 amide bonds. The number of carboxylic acids is 1. The molecule has 34 heavy (non-hydrogen) atoms. The van der Waals surface area contributed by atoms with Crippen LogP contribution in [0.1, 0.15) is 40.2 Å². The SMILES string of the molecule is O=C(CCCNC(=O)OCC1c2ccccc2-c2ccccc21)Nc1ccc(F)cc1C(=O)O. The fourth-order valence-corrected chi connectivity index (χ4v) is 4.10. The molecule has 0 heterocycles. The lowest BCUT2D eigenvalue weighted by atomic mass is 9.98. The molecule has 8 heteroatoms. The number of fused-ring (bicyclic) bond motifs is 3. The van der Waals surface area contributed by atoms with Crippen LogP contribution >= 0.6 is 0 Å². The molecule has 0 radical (unpaired) electrons. The number of ether oxygens (including phenoxy) is 1. The smallest absolute Gasteiger partial charge is 0.407 e. The van der Waals surface area contributed by atoms with E-state index in [0.29, 0.717) is 6.42 Å². The van der Waals surface area contributed by atoms with Crippen molar-refractivity contribution in [2.24, 2.45) is 0 Å². The highest BCUT2D eigenvalue weighted by molar-refractivity contribution is 6.00. The second-order valence-corrected chi connectivity index (χ2v) is 7.90. The van der Waals surface area contributed by atoms with Gasteiger partial charge in [-0.1, -0.05) is 48.5 Å². The molecule has 3 aromatic carbocycles. The Bertz CT molecular complexity index is 1200. The van der Waals surface area contributed by atoms with Crippen molar-refractivity contribution >= 4 is 23.7 Å². The van der Waals surface area contributed by atoms with E-state index in [1.165, 1.54) is 6.07 Å². The van der Waals surface area contributed by atoms with Crippen LogP contribution in [0.2, 0.25) is 0 Å². The Kier molecular flexibility index (Phi) is 6.87. The number of aromatic carboxylic acids is 1. The zero-order valence-corrected chi connectivity index (χ0v) is 18.2. The Labute approximate surface area is 195 Å². The molecular weight excluding hydrogens is 439 g/mol.